The molecule has 0 N–H and O–H groups in total. The maximum absolute atomic E-state index is 11.1. The highest BCUT2D eigenvalue weighted by molar-refractivity contribution is 6.13. The van der Waals surface area contributed by atoms with Gasteiger partial charge in [0, 0.05) is 29.0 Å². The van der Waals surface area contributed by atoms with E-state index in [0.29, 0.717) is 0 Å². The van der Waals surface area contributed by atoms with Crippen molar-refractivity contribution in [1.82, 2.24) is 0 Å². The molecule has 0 unspecified atom stereocenters. The lowest BCUT2D eigenvalue weighted by Gasteiger charge is -2.18. The molecule has 0 fully saturated rings. The van der Waals surface area contributed by atoms with Crippen LogP contribution < -0.4 is 4.90 Å². The van der Waals surface area contributed by atoms with E-state index in [4.69, 9.17) is 0 Å². The number of carbonyl (C=O) groups excluding carboxylic acids is 1. The number of hydrogen-bond donors (Lipinski definition) is 0. The van der Waals surface area contributed by atoms with Gasteiger partial charge in [-0.25, -0.2) is 0 Å². The lowest BCUT2D eigenvalue weighted by molar-refractivity contribution is -0.116. The van der Waals surface area contributed by atoms with E-state index in [-0.39, 0.29) is 5.91 Å². The van der Waals surface area contributed by atoms with Crippen LogP contribution in [-0.2, 0) is 4.79 Å². The topological polar surface area (TPSA) is 20.3 Å². The molecule has 1 aromatic rings. The normalized spacial score (nSPS) is 9.75. The Kier molecular flexibility index (Phi) is 3.05. The third-order valence-electron chi connectivity index (χ3n) is 1.76. The molecule has 0 radical (unpaired) electrons. The molecule has 0 saturated heterocycles. The minimum atomic E-state index is 0.121. The van der Waals surface area contributed by atoms with Crippen LogP contribution in [0.4, 0.5) is 5.69 Å². The fourth-order valence-electron chi connectivity index (χ4n) is 1.19. The maximum atomic E-state index is 11.1. The summed E-state index contributed by atoms with van der Waals surface area (Å²) in [7, 11) is 1.01. The first-order chi connectivity index (χ1) is 5.75. The van der Waals surface area contributed by atoms with E-state index in [0.717, 1.165) is 22.1 Å². The molecule has 0 bridgehead atoms. The van der Waals surface area contributed by atoms with Gasteiger partial charge in [-0.3, -0.25) is 4.79 Å². The molecule has 0 spiro atoms. The van der Waals surface area contributed by atoms with Crippen LogP contribution in [0.5, 0.6) is 0 Å². The summed E-state index contributed by atoms with van der Waals surface area (Å²) in [6.07, 6.45) is 0.860. The Labute approximate surface area is 75.6 Å². The highest BCUT2D eigenvalue weighted by Crippen LogP contribution is 2.11. The summed E-state index contributed by atoms with van der Waals surface area (Å²) in [4.78, 5) is 12.9. The Morgan fingerprint density at radius 2 is 2.00 bits per heavy atom. The summed E-state index contributed by atoms with van der Waals surface area (Å²) in [6, 6.07) is 9.76. The first kappa shape index (κ1) is 9.00. The summed E-state index contributed by atoms with van der Waals surface area (Å²) in [6.45, 7) is 1.60. The summed E-state index contributed by atoms with van der Waals surface area (Å²) in [5.74, 6) is 0.121. The molecule has 0 atom stereocenters. The van der Waals surface area contributed by atoms with Gasteiger partial charge < -0.3 is 4.90 Å². The Hall–Kier alpha value is -1.09. The molecular weight excluding hydrogens is 166 g/mol. The molecule has 0 aliphatic heterocycles. The van der Waals surface area contributed by atoms with Crippen molar-refractivity contribution < 1.29 is 4.79 Å². The second-order valence-electron chi connectivity index (χ2n) is 2.60. The standard InChI is InChI=1S/C9H13NOSi/c1-8(11)10(7-12)9-5-3-2-4-6-9/h2-6H,7H2,1,12H3. The zero-order chi connectivity index (χ0) is 8.97. The first-order valence-corrected chi connectivity index (χ1v) is 5.50. The molecule has 0 heterocycles. The zero-order valence-corrected chi connectivity index (χ0v) is 9.45. The highest BCUT2D eigenvalue weighted by atomic mass is 28.1. The van der Waals surface area contributed by atoms with Crippen molar-refractivity contribution in [3.8, 4) is 0 Å². The Balaban J connectivity index is 2.88. The number of para-hydroxylation sites is 1. The van der Waals surface area contributed by atoms with Gasteiger partial charge >= 0.3 is 0 Å². The first-order valence-electron chi connectivity index (χ1n) is 4.09. The van der Waals surface area contributed by atoms with Crippen molar-refractivity contribution in [1.29, 1.82) is 0 Å². The van der Waals surface area contributed by atoms with Crippen LogP contribution in [-0.4, -0.2) is 22.3 Å². The fraction of sp³-hybridized carbons (Fsp3) is 0.222. The van der Waals surface area contributed by atoms with Gasteiger partial charge in [-0.1, -0.05) is 18.2 Å². The molecule has 3 heteroatoms. The second kappa shape index (κ2) is 4.06. The van der Waals surface area contributed by atoms with Gasteiger partial charge in [-0.2, -0.15) is 0 Å². The number of hydrogen-bond acceptors (Lipinski definition) is 1. The maximum Gasteiger partial charge on any atom is 0.223 e. The smallest absolute Gasteiger partial charge is 0.223 e. The molecule has 2 nitrogen and oxygen atoms in total. The van der Waals surface area contributed by atoms with Crippen molar-refractivity contribution in [2.45, 2.75) is 6.92 Å². The monoisotopic (exact) mass is 179 g/mol. The van der Waals surface area contributed by atoms with Crippen LogP contribution in [0.1, 0.15) is 6.92 Å². The third kappa shape index (κ3) is 1.95. The van der Waals surface area contributed by atoms with Crippen LogP contribution in [0.25, 0.3) is 0 Å². The van der Waals surface area contributed by atoms with Crippen LogP contribution in [0.3, 0.4) is 0 Å². The van der Waals surface area contributed by atoms with Crippen molar-refractivity contribution >= 4 is 21.8 Å². The van der Waals surface area contributed by atoms with E-state index < -0.39 is 0 Å². The van der Waals surface area contributed by atoms with E-state index in [1.165, 1.54) is 0 Å². The molecular formula is C9H13NOSi. The molecule has 1 rings (SSSR count). The summed E-state index contributed by atoms with van der Waals surface area (Å²) >= 11 is 0. The number of nitrogens with zero attached hydrogens (tertiary/aromatic N) is 1. The van der Waals surface area contributed by atoms with E-state index in [2.05, 4.69) is 0 Å². The predicted octanol–water partition coefficient (Wildman–Crippen LogP) is 0.362. The number of anilines is 1. The Bertz CT molecular complexity index is 260. The molecule has 0 aliphatic carbocycles. The summed E-state index contributed by atoms with van der Waals surface area (Å²) in [5.41, 5.74) is 1.00. The van der Waals surface area contributed by atoms with Crippen molar-refractivity contribution in [3.05, 3.63) is 30.3 Å². The average Bonchev–Trinajstić information content (AvgIpc) is 2.07. The van der Waals surface area contributed by atoms with Gasteiger partial charge in [0.25, 0.3) is 0 Å². The number of amides is 1. The molecule has 64 valence electrons. The van der Waals surface area contributed by atoms with Crippen LogP contribution in [0.2, 0.25) is 0 Å². The van der Waals surface area contributed by atoms with E-state index in [1.807, 2.05) is 30.3 Å². The Morgan fingerprint density at radius 3 is 2.42 bits per heavy atom. The van der Waals surface area contributed by atoms with E-state index in [1.54, 1.807) is 11.8 Å². The SMILES string of the molecule is CC(=O)N(C[SiH3])c1ccccc1. The second-order valence-corrected chi connectivity index (χ2v) is 3.23. The molecule has 1 amide bonds. The van der Waals surface area contributed by atoms with Crippen molar-refractivity contribution in [2.75, 3.05) is 11.1 Å². The van der Waals surface area contributed by atoms with Crippen molar-refractivity contribution in [3.63, 3.8) is 0 Å². The van der Waals surface area contributed by atoms with Gasteiger partial charge in [0.2, 0.25) is 5.91 Å². The number of carbonyl (C=O) groups is 1. The summed E-state index contributed by atoms with van der Waals surface area (Å²) < 4.78 is 0. The molecule has 0 aromatic heterocycles. The predicted molar refractivity (Wildman–Crippen MR) is 54.4 cm³/mol. The van der Waals surface area contributed by atoms with Crippen LogP contribution in [0.15, 0.2) is 30.3 Å². The molecule has 12 heavy (non-hydrogen) atoms. The van der Waals surface area contributed by atoms with Gasteiger partial charge in [-0.15, -0.1) is 0 Å². The highest BCUT2D eigenvalue weighted by Gasteiger charge is 2.06. The zero-order valence-electron chi connectivity index (χ0n) is 7.45. The van der Waals surface area contributed by atoms with Gasteiger partial charge in [0.05, 0.1) is 0 Å². The van der Waals surface area contributed by atoms with Gasteiger partial charge in [-0.05, 0) is 12.1 Å². The lowest BCUT2D eigenvalue weighted by Crippen LogP contribution is -2.29. The quantitative estimate of drug-likeness (QED) is 0.600. The van der Waals surface area contributed by atoms with Crippen LogP contribution in [0, 0.1) is 0 Å². The molecule has 0 saturated carbocycles. The lowest BCUT2D eigenvalue weighted by atomic mass is 10.3. The summed E-state index contributed by atoms with van der Waals surface area (Å²) in [5, 5.41) is 0. The number of benzene rings is 1. The number of rotatable bonds is 2. The minimum absolute atomic E-state index is 0.121. The fourth-order valence-corrected chi connectivity index (χ4v) is 2.01. The van der Waals surface area contributed by atoms with E-state index >= 15 is 0 Å². The average molecular weight is 179 g/mol. The van der Waals surface area contributed by atoms with Gasteiger partial charge in [0.1, 0.15) is 0 Å². The molecule has 1 aromatic carbocycles. The largest absolute Gasteiger partial charge is 0.317 e. The molecule has 0 aliphatic rings. The van der Waals surface area contributed by atoms with Gasteiger partial charge in [0.15, 0.2) is 0 Å². The Morgan fingerprint density at radius 1 is 1.42 bits per heavy atom. The van der Waals surface area contributed by atoms with Crippen LogP contribution >= 0.6 is 0 Å². The van der Waals surface area contributed by atoms with E-state index in [9.17, 15) is 4.79 Å². The third-order valence-corrected chi connectivity index (χ3v) is 2.40. The minimum Gasteiger partial charge on any atom is -0.317 e. The van der Waals surface area contributed by atoms with Crippen molar-refractivity contribution in [2.24, 2.45) is 0 Å².